The Balaban J connectivity index is 1.87. The fraction of sp³-hybridized carbons (Fsp3) is 0.611. The highest BCUT2D eigenvalue weighted by Gasteiger charge is 2.53. The van der Waals surface area contributed by atoms with Gasteiger partial charge in [0.2, 0.25) is 5.91 Å². The molecule has 0 saturated carbocycles. The molecule has 4 nitrogen and oxygen atoms in total. The molecule has 1 fully saturated rings. The lowest BCUT2D eigenvalue weighted by atomic mass is 9.68. The van der Waals surface area contributed by atoms with Gasteiger partial charge in [-0.25, -0.2) is 0 Å². The van der Waals surface area contributed by atoms with Gasteiger partial charge in [0.1, 0.15) is 0 Å². The Hall–Kier alpha value is -1.33. The average Bonchev–Trinajstić information content (AvgIpc) is 2.69. The molecular weight excluding hydrogens is 289 g/mol. The largest absolute Gasteiger partial charge is 0.461 e. The van der Waals surface area contributed by atoms with E-state index in [1.54, 1.807) is 0 Å². The molecule has 126 valence electrons. The zero-order chi connectivity index (χ0) is 17.1. The minimum atomic E-state index is -0.322. The summed E-state index contributed by atoms with van der Waals surface area (Å²) in [6.07, 6.45) is 2.15. The van der Waals surface area contributed by atoms with Crippen molar-refractivity contribution in [2.24, 2.45) is 0 Å². The zero-order valence-corrected chi connectivity index (χ0v) is 14.9. The van der Waals surface area contributed by atoms with E-state index in [2.05, 4.69) is 39.9 Å². The van der Waals surface area contributed by atoms with Crippen LogP contribution in [0.5, 0.6) is 0 Å². The van der Waals surface area contributed by atoms with Gasteiger partial charge in [-0.15, -0.1) is 0 Å². The van der Waals surface area contributed by atoms with Crippen LogP contribution in [0.1, 0.15) is 53.9 Å². The van der Waals surface area contributed by atoms with E-state index < -0.39 is 0 Å². The molecule has 0 aromatic heterocycles. The lowest BCUT2D eigenvalue weighted by Gasteiger charge is -2.32. The first kappa shape index (κ1) is 18.0. The number of benzene rings is 1. The summed E-state index contributed by atoms with van der Waals surface area (Å²) >= 11 is 0. The maximum absolute atomic E-state index is 12.1. The molecule has 1 N–H and O–H groups in total. The van der Waals surface area contributed by atoms with Gasteiger partial charge >= 0.3 is 7.12 Å². The second kappa shape index (κ2) is 7.06. The smallest absolute Gasteiger partial charge is 0.403 e. The van der Waals surface area contributed by atoms with Crippen LogP contribution in [0.3, 0.4) is 0 Å². The molecule has 1 saturated heterocycles. The third kappa shape index (κ3) is 4.36. The van der Waals surface area contributed by atoms with Crippen molar-refractivity contribution in [1.82, 2.24) is 0 Å². The second-order valence-corrected chi connectivity index (χ2v) is 7.25. The van der Waals surface area contributed by atoms with Gasteiger partial charge in [-0.1, -0.05) is 31.5 Å². The number of carbonyl (C=O) groups is 1. The standard InChI is InChI=1S/C18H28BNO3/c1-6-14(19-22-17(2,3)18(4,5)23-19)12-13-16(21)20-15-10-8-7-9-11-15/h7-11,14H,6,12-13H2,1-5H3,(H,20,21)/t14-/m1/s1. The molecule has 1 heterocycles. The average molecular weight is 317 g/mol. The van der Waals surface area contributed by atoms with Crippen molar-refractivity contribution in [2.75, 3.05) is 5.32 Å². The minimum Gasteiger partial charge on any atom is -0.403 e. The first-order chi connectivity index (χ1) is 10.7. The summed E-state index contributed by atoms with van der Waals surface area (Å²) in [4.78, 5) is 12.1. The molecule has 1 aromatic carbocycles. The van der Waals surface area contributed by atoms with E-state index in [-0.39, 0.29) is 30.0 Å². The molecule has 1 aliphatic rings. The maximum Gasteiger partial charge on any atom is 0.461 e. The third-order valence-corrected chi connectivity index (χ3v) is 4.98. The molecule has 5 heteroatoms. The van der Waals surface area contributed by atoms with Crippen molar-refractivity contribution in [3.05, 3.63) is 30.3 Å². The van der Waals surface area contributed by atoms with Crippen molar-refractivity contribution in [2.45, 2.75) is 70.9 Å². The van der Waals surface area contributed by atoms with Crippen LogP contribution >= 0.6 is 0 Å². The van der Waals surface area contributed by atoms with Crippen LogP contribution in [-0.4, -0.2) is 24.2 Å². The number of hydrogen-bond acceptors (Lipinski definition) is 3. The Labute approximate surface area is 140 Å². The van der Waals surface area contributed by atoms with Gasteiger partial charge in [0.25, 0.3) is 0 Å². The molecule has 1 amide bonds. The predicted molar refractivity (Wildman–Crippen MR) is 94.4 cm³/mol. The van der Waals surface area contributed by atoms with Crippen molar-refractivity contribution >= 4 is 18.7 Å². The van der Waals surface area contributed by atoms with E-state index in [1.165, 1.54) is 0 Å². The normalized spacial score (nSPS) is 20.3. The summed E-state index contributed by atoms with van der Waals surface area (Å²) < 4.78 is 12.2. The fourth-order valence-electron chi connectivity index (χ4n) is 2.68. The van der Waals surface area contributed by atoms with Gasteiger partial charge in [-0.2, -0.15) is 0 Å². The van der Waals surface area contributed by atoms with E-state index in [0.717, 1.165) is 18.5 Å². The van der Waals surface area contributed by atoms with E-state index >= 15 is 0 Å². The molecule has 0 unspecified atom stereocenters. The molecule has 1 aromatic rings. The van der Waals surface area contributed by atoms with Gasteiger partial charge in [0.05, 0.1) is 11.2 Å². The number of hydrogen-bond donors (Lipinski definition) is 1. The molecule has 23 heavy (non-hydrogen) atoms. The number of nitrogens with one attached hydrogen (secondary N) is 1. The third-order valence-electron chi connectivity index (χ3n) is 4.98. The molecule has 1 aliphatic heterocycles. The van der Waals surface area contributed by atoms with Gasteiger partial charge < -0.3 is 14.6 Å². The number of carbonyl (C=O) groups excluding carboxylic acids is 1. The number of amides is 1. The summed E-state index contributed by atoms with van der Waals surface area (Å²) in [7, 11) is -0.241. The van der Waals surface area contributed by atoms with Crippen LogP contribution in [0.4, 0.5) is 5.69 Å². The van der Waals surface area contributed by atoms with Crippen LogP contribution in [-0.2, 0) is 14.1 Å². The SMILES string of the molecule is CC[C@H](CCC(=O)Nc1ccccc1)B1OC(C)(C)C(C)(C)O1. The van der Waals surface area contributed by atoms with Crippen LogP contribution < -0.4 is 5.32 Å². The van der Waals surface area contributed by atoms with Crippen molar-refractivity contribution in [3.63, 3.8) is 0 Å². The van der Waals surface area contributed by atoms with E-state index in [4.69, 9.17) is 9.31 Å². The second-order valence-electron chi connectivity index (χ2n) is 7.25. The van der Waals surface area contributed by atoms with Crippen molar-refractivity contribution < 1.29 is 14.1 Å². The molecule has 0 aliphatic carbocycles. The fourth-order valence-corrected chi connectivity index (χ4v) is 2.68. The van der Waals surface area contributed by atoms with Crippen LogP contribution in [0, 0.1) is 0 Å². The summed E-state index contributed by atoms with van der Waals surface area (Å²) in [6, 6.07) is 9.54. The monoisotopic (exact) mass is 317 g/mol. The number of rotatable bonds is 6. The van der Waals surface area contributed by atoms with Gasteiger partial charge in [-0.05, 0) is 52.1 Å². The Kier molecular flexibility index (Phi) is 5.53. The van der Waals surface area contributed by atoms with Gasteiger partial charge in [-0.3, -0.25) is 4.79 Å². The van der Waals surface area contributed by atoms with Gasteiger partial charge in [0.15, 0.2) is 0 Å². The summed E-state index contributed by atoms with van der Waals surface area (Å²) in [5.41, 5.74) is 0.190. The summed E-state index contributed by atoms with van der Waals surface area (Å²) in [5.74, 6) is 0.253. The van der Waals surface area contributed by atoms with E-state index in [0.29, 0.717) is 6.42 Å². The van der Waals surface area contributed by atoms with Crippen molar-refractivity contribution in [1.29, 1.82) is 0 Å². The Morgan fingerprint density at radius 3 is 2.22 bits per heavy atom. The predicted octanol–water partition coefficient (Wildman–Crippen LogP) is 4.28. The highest BCUT2D eigenvalue weighted by molar-refractivity contribution is 6.47. The zero-order valence-electron chi connectivity index (χ0n) is 14.9. The molecule has 0 spiro atoms. The molecular formula is C18H28BNO3. The van der Waals surface area contributed by atoms with E-state index in [9.17, 15) is 4.79 Å². The maximum atomic E-state index is 12.1. The topological polar surface area (TPSA) is 47.6 Å². The first-order valence-corrected chi connectivity index (χ1v) is 8.45. The van der Waals surface area contributed by atoms with Crippen LogP contribution in [0.25, 0.3) is 0 Å². The van der Waals surface area contributed by atoms with Crippen LogP contribution in [0.2, 0.25) is 5.82 Å². The van der Waals surface area contributed by atoms with E-state index in [1.807, 2.05) is 30.3 Å². The molecule has 0 radical (unpaired) electrons. The summed E-state index contributed by atoms with van der Waals surface area (Å²) in [5, 5.41) is 2.92. The Morgan fingerprint density at radius 2 is 1.70 bits per heavy atom. The Bertz CT molecular complexity index is 514. The van der Waals surface area contributed by atoms with Crippen LogP contribution in [0.15, 0.2) is 30.3 Å². The lowest BCUT2D eigenvalue weighted by molar-refractivity contribution is -0.116. The number of anilines is 1. The minimum absolute atomic E-state index is 0.0335. The highest BCUT2D eigenvalue weighted by Crippen LogP contribution is 2.41. The number of para-hydroxylation sites is 1. The van der Waals surface area contributed by atoms with Gasteiger partial charge in [0, 0.05) is 12.1 Å². The molecule has 0 bridgehead atoms. The van der Waals surface area contributed by atoms with Crippen molar-refractivity contribution in [3.8, 4) is 0 Å². The molecule has 1 atom stereocenters. The highest BCUT2D eigenvalue weighted by atomic mass is 16.7. The molecule has 2 rings (SSSR count). The lowest BCUT2D eigenvalue weighted by Crippen LogP contribution is -2.41. The summed E-state index contributed by atoms with van der Waals surface area (Å²) in [6.45, 7) is 10.3. The Morgan fingerprint density at radius 1 is 1.13 bits per heavy atom. The quantitative estimate of drug-likeness (QED) is 0.797. The first-order valence-electron chi connectivity index (χ1n) is 8.45.